The number of aliphatic hydroxyl groups excluding tert-OH is 1. The predicted octanol–water partition coefficient (Wildman–Crippen LogP) is 1.33. The second kappa shape index (κ2) is 5.79. The van der Waals surface area contributed by atoms with Crippen LogP contribution in [0.15, 0.2) is 36.7 Å². The van der Waals surface area contributed by atoms with Gasteiger partial charge in [-0.2, -0.15) is 5.10 Å². The monoisotopic (exact) mass is 305 g/mol. The third-order valence-corrected chi connectivity index (χ3v) is 4.22. The molecule has 2 atom stereocenters. The molecule has 0 aliphatic carbocycles. The van der Waals surface area contributed by atoms with Crippen LogP contribution < -0.4 is 0 Å². The minimum atomic E-state index is -1.02. The number of benzene rings is 1. The minimum Gasteiger partial charge on any atom is -0.389 e. The van der Waals surface area contributed by atoms with Crippen LogP contribution in [0.25, 0.3) is 5.69 Å². The number of likely N-dealkylation sites (tertiary alicyclic amines) is 1. The van der Waals surface area contributed by atoms with Crippen molar-refractivity contribution < 1.29 is 14.6 Å². The van der Waals surface area contributed by atoms with Gasteiger partial charge < -0.3 is 10.2 Å². The Kier molecular flexibility index (Phi) is 3.99. The molecule has 3 rings (SSSR count). The Morgan fingerprint density at radius 2 is 2.18 bits per heavy atom. The van der Waals surface area contributed by atoms with Crippen LogP contribution in [0.2, 0.25) is 0 Å². The van der Waals surface area contributed by atoms with Crippen LogP contribution >= 0.6 is 0 Å². The number of aliphatic hydroxyl groups is 2. The molecule has 22 heavy (non-hydrogen) atoms. The molecule has 5 nitrogen and oxygen atoms in total. The first-order chi connectivity index (χ1) is 10.5. The molecule has 6 heteroatoms. The molecular formula is C16H20FN3O2. The van der Waals surface area contributed by atoms with Gasteiger partial charge in [-0.3, -0.25) is 4.90 Å². The number of para-hydroxylation sites is 1. The summed E-state index contributed by atoms with van der Waals surface area (Å²) >= 11 is 0. The van der Waals surface area contributed by atoms with Gasteiger partial charge in [0, 0.05) is 31.4 Å². The highest BCUT2D eigenvalue weighted by Gasteiger charge is 2.36. The minimum absolute atomic E-state index is 0.318. The summed E-state index contributed by atoms with van der Waals surface area (Å²) in [6, 6.07) is 6.49. The zero-order valence-corrected chi connectivity index (χ0v) is 12.5. The molecule has 2 unspecified atom stereocenters. The molecule has 2 heterocycles. The Labute approximate surface area is 128 Å². The molecule has 1 saturated heterocycles. The Balaban J connectivity index is 1.69. The Hall–Kier alpha value is -1.76. The zero-order chi connectivity index (χ0) is 15.7. The van der Waals surface area contributed by atoms with E-state index in [0.717, 1.165) is 5.56 Å². The van der Waals surface area contributed by atoms with Crippen molar-refractivity contribution in [1.29, 1.82) is 0 Å². The molecule has 0 spiro atoms. The third kappa shape index (κ3) is 3.04. The number of rotatable bonds is 3. The molecule has 1 aliphatic rings. The van der Waals surface area contributed by atoms with Crippen LogP contribution in [0.5, 0.6) is 0 Å². The summed E-state index contributed by atoms with van der Waals surface area (Å²) in [6.07, 6.45) is 3.25. The molecule has 2 N–H and O–H groups in total. The largest absolute Gasteiger partial charge is 0.389 e. The van der Waals surface area contributed by atoms with E-state index in [9.17, 15) is 14.6 Å². The highest BCUT2D eigenvalue weighted by molar-refractivity contribution is 5.32. The Morgan fingerprint density at radius 3 is 2.91 bits per heavy atom. The molecule has 0 saturated carbocycles. The SMILES string of the molecule is CC1(O)CCN(Cc2cnn(-c3ccccc3F)c2)CC1O. The first kappa shape index (κ1) is 15.1. The fourth-order valence-electron chi connectivity index (χ4n) is 2.70. The maximum atomic E-state index is 13.7. The number of hydrogen-bond acceptors (Lipinski definition) is 4. The van der Waals surface area contributed by atoms with Crippen molar-refractivity contribution in [1.82, 2.24) is 14.7 Å². The standard InChI is InChI=1S/C16H20FN3O2/c1-16(22)6-7-19(11-15(16)21)9-12-8-18-20(10-12)14-5-3-2-4-13(14)17/h2-5,8,10,15,21-22H,6-7,9,11H2,1H3. The van der Waals surface area contributed by atoms with E-state index in [0.29, 0.717) is 31.7 Å². The summed E-state index contributed by atoms with van der Waals surface area (Å²) in [5.41, 5.74) is 0.334. The average molecular weight is 305 g/mol. The van der Waals surface area contributed by atoms with Gasteiger partial charge in [0.1, 0.15) is 11.5 Å². The van der Waals surface area contributed by atoms with Crippen molar-refractivity contribution in [2.45, 2.75) is 31.6 Å². The van der Waals surface area contributed by atoms with Gasteiger partial charge in [0.2, 0.25) is 0 Å². The highest BCUT2D eigenvalue weighted by atomic mass is 19.1. The molecular weight excluding hydrogens is 285 g/mol. The van der Waals surface area contributed by atoms with E-state index in [1.807, 2.05) is 0 Å². The van der Waals surface area contributed by atoms with Gasteiger partial charge in [-0.25, -0.2) is 9.07 Å². The molecule has 0 radical (unpaired) electrons. The normalized spacial score (nSPS) is 26.3. The van der Waals surface area contributed by atoms with E-state index in [1.165, 1.54) is 10.7 Å². The number of hydrogen-bond donors (Lipinski definition) is 2. The van der Waals surface area contributed by atoms with E-state index in [4.69, 9.17) is 0 Å². The van der Waals surface area contributed by atoms with Crippen molar-refractivity contribution in [3.05, 3.63) is 48.0 Å². The van der Waals surface area contributed by atoms with Crippen molar-refractivity contribution in [2.75, 3.05) is 13.1 Å². The van der Waals surface area contributed by atoms with E-state index in [1.54, 1.807) is 37.5 Å². The maximum absolute atomic E-state index is 13.7. The summed E-state index contributed by atoms with van der Waals surface area (Å²) in [6.45, 7) is 3.39. The molecule has 0 bridgehead atoms. The average Bonchev–Trinajstić information content (AvgIpc) is 2.92. The van der Waals surface area contributed by atoms with Gasteiger partial charge in [-0.05, 0) is 25.5 Å². The van der Waals surface area contributed by atoms with Gasteiger partial charge in [0.25, 0.3) is 0 Å². The topological polar surface area (TPSA) is 61.5 Å². The molecule has 1 aromatic carbocycles. The lowest BCUT2D eigenvalue weighted by Crippen LogP contribution is -2.53. The number of β-amino-alcohol motifs (C(OH)–C–C–N with tert-alkyl or cyclic N) is 1. The molecule has 2 aromatic rings. The van der Waals surface area contributed by atoms with Crippen molar-refractivity contribution in [3.63, 3.8) is 0 Å². The lowest BCUT2D eigenvalue weighted by atomic mass is 9.91. The molecule has 1 aliphatic heterocycles. The van der Waals surface area contributed by atoms with Crippen molar-refractivity contribution in [2.24, 2.45) is 0 Å². The Morgan fingerprint density at radius 1 is 1.41 bits per heavy atom. The lowest BCUT2D eigenvalue weighted by molar-refractivity contribution is -0.108. The van der Waals surface area contributed by atoms with Gasteiger partial charge in [-0.15, -0.1) is 0 Å². The highest BCUT2D eigenvalue weighted by Crippen LogP contribution is 2.23. The lowest BCUT2D eigenvalue weighted by Gasteiger charge is -2.39. The van der Waals surface area contributed by atoms with Crippen molar-refractivity contribution in [3.8, 4) is 5.69 Å². The van der Waals surface area contributed by atoms with Crippen LogP contribution in [-0.4, -0.2) is 49.7 Å². The maximum Gasteiger partial charge on any atom is 0.148 e. The zero-order valence-electron chi connectivity index (χ0n) is 12.5. The van der Waals surface area contributed by atoms with Gasteiger partial charge in [0.05, 0.1) is 17.9 Å². The van der Waals surface area contributed by atoms with Gasteiger partial charge >= 0.3 is 0 Å². The molecule has 1 aromatic heterocycles. The van der Waals surface area contributed by atoms with Crippen LogP contribution in [0.3, 0.4) is 0 Å². The first-order valence-electron chi connectivity index (χ1n) is 7.37. The third-order valence-electron chi connectivity index (χ3n) is 4.22. The quantitative estimate of drug-likeness (QED) is 0.898. The van der Waals surface area contributed by atoms with Crippen molar-refractivity contribution >= 4 is 0 Å². The van der Waals surface area contributed by atoms with Gasteiger partial charge in [0.15, 0.2) is 0 Å². The van der Waals surface area contributed by atoms with Crippen LogP contribution in [0.4, 0.5) is 4.39 Å². The molecule has 0 amide bonds. The molecule has 118 valence electrons. The Bertz CT molecular complexity index is 656. The van der Waals surface area contributed by atoms with E-state index in [2.05, 4.69) is 10.00 Å². The molecule has 1 fully saturated rings. The van der Waals surface area contributed by atoms with Crippen LogP contribution in [0.1, 0.15) is 18.9 Å². The first-order valence-corrected chi connectivity index (χ1v) is 7.37. The smallest absolute Gasteiger partial charge is 0.148 e. The fourth-order valence-corrected chi connectivity index (χ4v) is 2.70. The second-order valence-electron chi connectivity index (χ2n) is 6.10. The van der Waals surface area contributed by atoms with E-state index >= 15 is 0 Å². The predicted molar refractivity (Wildman–Crippen MR) is 80.0 cm³/mol. The van der Waals surface area contributed by atoms with E-state index in [-0.39, 0.29) is 5.82 Å². The second-order valence-corrected chi connectivity index (χ2v) is 6.10. The summed E-state index contributed by atoms with van der Waals surface area (Å²) in [5.74, 6) is -0.318. The summed E-state index contributed by atoms with van der Waals surface area (Å²) < 4.78 is 15.3. The fraction of sp³-hybridized carbons (Fsp3) is 0.438. The number of halogens is 1. The summed E-state index contributed by atoms with van der Waals surface area (Å²) in [7, 11) is 0. The number of piperidine rings is 1. The van der Waals surface area contributed by atoms with E-state index < -0.39 is 11.7 Å². The summed E-state index contributed by atoms with van der Waals surface area (Å²) in [5, 5.41) is 24.1. The van der Waals surface area contributed by atoms with Gasteiger partial charge in [-0.1, -0.05) is 12.1 Å². The van der Waals surface area contributed by atoms with Crippen LogP contribution in [-0.2, 0) is 6.54 Å². The van der Waals surface area contributed by atoms with Crippen LogP contribution in [0, 0.1) is 5.82 Å². The number of aromatic nitrogens is 2. The summed E-state index contributed by atoms with van der Waals surface area (Å²) in [4.78, 5) is 2.06. The number of nitrogens with zero attached hydrogens (tertiary/aromatic N) is 3.